The Labute approximate surface area is 89.4 Å². The Kier molecular flexibility index (Phi) is 2.49. The third kappa shape index (κ3) is 1.88. The molecule has 0 spiro atoms. The highest BCUT2D eigenvalue weighted by molar-refractivity contribution is 6.01. The van der Waals surface area contributed by atoms with Gasteiger partial charge in [-0.25, -0.2) is 0 Å². The summed E-state index contributed by atoms with van der Waals surface area (Å²) in [6.07, 6.45) is 1.08. The van der Waals surface area contributed by atoms with Gasteiger partial charge in [-0.1, -0.05) is 6.92 Å². The minimum absolute atomic E-state index is 0.457. The minimum atomic E-state index is 0.457. The molecule has 15 heavy (non-hydrogen) atoms. The SMILES string of the molecule is CC[C@H]1CN=C(c2ccc(N)c(N)c2)N1. The predicted octanol–water partition coefficient (Wildman–Crippen LogP) is 0.979. The molecule has 2 rings (SSSR count). The maximum Gasteiger partial charge on any atom is 0.128 e. The summed E-state index contributed by atoms with van der Waals surface area (Å²) >= 11 is 0. The highest BCUT2D eigenvalue weighted by atomic mass is 15.1. The summed E-state index contributed by atoms with van der Waals surface area (Å²) < 4.78 is 0. The average molecular weight is 204 g/mol. The molecular weight excluding hydrogens is 188 g/mol. The highest BCUT2D eigenvalue weighted by Gasteiger charge is 2.16. The van der Waals surface area contributed by atoms with Gasteiger partial charge in [0.15, 0.2) is 0 Å². The first kappa shape index (κ1) is 9.83. The van der Waals surface area contributed by atoms with E-state index in [2.05, 4.69) is 17.2 Å². The molecule has 4 heteroatoms. The monoisotopic (exact) mass is 204 g/mol. The Morgan fingerprint density at radius 3 is 2.80 bits per heavy atom. The molecule has 0 saturated heterocycles. The van der Waals surface area contributed by atoms with E-state index in [9.17, 15) is 0 Å². The van der Waals surface area contributed by atoms with Crippen LogP contribution < -0.4 is 16.8 Å². The second-order valence-corrected chi connectivity index (χ2v) is 3.78. The molecule has 4 nitrogen and oxygen atoms in total. The lowest BCUT2D eigenvalue weighted by atomic mass is 10.1. The van der Waals surface area contributed by atoms with E-state index < -0.39 is 0 Å². The fourth-order valence-corrected chi connectivity index (χ4v) is 1.61. The van der Waals surface area contributed by atoms with Crippen LogP contribution in [0.4, 0.5) is 11.4 Å². The van der Waals surface area contributed by atoms with E-state index in [0.29, 0.717) is 17.4 Å². The number of aliphatic imine (C=N–C) groups is 1. The minimum Gasteiger partial charge on any atom is -0.397 e. The molecule has 0 unspecified atom stereocenters. The molecule has 1 heterocycles. The summed E-state index contributed by atoms with van der Waals surface area (Å²) in [4.78, 5) is 4.44. The second-order valence-electron chi connectivity index (χ2n) is 3.78. The topological polar surface area (TPSA) is 76.4 Å². The lowest BCUT2D eigenvalue weighted by Crippen LogP contribution is -2.29. The molecule has 5 N–H and O–H groups in total. The van der Waals surface area contributed by atoms with Crippen molar-refractivity contribution in [1.29, 1.82) is 0 Å². The highest BCUT2D eigenvalue weighted by Crippen LogP contribution is 2.17. The fraction of sp³-hybridized carbons (Fsp3) is 0.364. The van der Waals surface area contributed by atoms with Crippen molar-refractivity contribution in [1.82, 2.24) is 5.32 Å². The van der Waals surface area contributed by atoms with Crippen LogP contribution >= 0.6 is 0 Å². The molecule has 0 saturated carbocycles. The van der Waals surface area contributed by atoms with Crippen molar-refractivity contribution in [2.24, 2.45) is 4.99 Å². The van der Waals surface area contributed by atoms with Crippen LogP contribution in [0.25, 0.3) is 0 Å². The van der Waals surface area contributed by atoms with Crippen molar-refractivity contribution >= 4 is 17.2 Å². The van der Waals surface area contributed by atoms with Crippen LogP contribution in [0.3, 0.4) is 0 Å². The molecular formula is C11H16N4. The Morgan fingerprint density at radius 1 is 1.40 bits per heavy atom. The predicted molar refractivity (Wildman–Crippen MR) is 63.9 cm³/mol. The van der Waals surface area contributed by atoms with Crippen molar-refractivity contribution < 1.29 is 0 Å². The van der Waals surface area contributed by atoms with E-state index in [1.807, 2.05) is 18.2 Å². The number of rotatable bonds is 2. The molecule has 0 radical (unpaired) electrons. The van der Waals surface area contributed by atoms with Gasteiger partial charge in [0.2, 0.25) is 0 Å². The zero-order valence-corrected chi connectivity index (χ0v) is 8.83. The van der Waals surface area contributed by atoms with Crippen molar-refractivity contribution in [3.63, 3.8) is 0 Å². The van der Waals surface area contributed by atoms with Gasteiger partial charge in [-0.15, -0.1) is 0 Å². The van der Waals surface area contributed by atoms with Crippen molar-refractivity contribution in [3.8, 4) is 0 Å². The summed E-state index contributed by atoms with van der Waals surface area (Å²) in [5, 5.41) is 3.36. The molecule has 1 aliphatic rings. The zero-order chi connectivity index (χ0) is 10.8. The molecule has 80 valence electrons. The Balaban J connectivity index is 2.21. The molecule has 1 aromatic rings. The number of hydrogen-bond donors (Lipinski definition) is 3. The first-order chi connectivity index (χ1) is 7.20. The third-order valence-electron chi connectivity index (χ3n) is 2.66. The average Bonchev–Trinajstić information content (AvgIpc) is 2.70. The van der Waals surface area contributed by atoms with Gasteiger partial charge >= 0.3 is 0 Å². The zero-order valence-electron chi connectivity index (χ0n) is 8.83. The fourth-order valence-electron chi connectivity index (χ4n) is 1.61. The number of amidine groups is 1. The van der Waals surface area contributed by atoms with Gasteiger partial charge in [0.05, 0.1) is 17.9 Å². The van der Waals surface area contributed by atoms with Gasteiger partial charge in [0.25, 0.3) is 0 Å². The second kappa shape index (κ2) is 3.81. The summed E-state index contributed by atoms with van der Waals surface area (Å²) in [6.45, 7) is 2.99. The largest absolute Gasteiger partial charge is 0.397 e. The standard InChI is InChI=1S/C11H16N4/c1-2-8-6-14-11(15-8)7-3-4-9(12)10(13)5-7/h3-5,8H,2,6,12-13H2,1H3,(H,14,15)/t8-/m0/s1. The van der Waals surface area contributed by atoms with Crippen LogP contribution in [0.1, 0.15) is 18.9 Å². The van der Waals surface area contributed by atoms with E-state index in [1.165, 1.54) is 0 Å². The summed E-state index contributed by atoms with van der Waals surface area (Å²) in [5.74, 6) is 0.925. The van der Waals surface area contributed by atoms with E-state index in [0.717, 1.165) is 24.4 Å². The summed E-state index contributed by atoms with van der Waals surface area (Å²) in [5.41, 5.74) is 13.6. The number of hydrogen-bond acceptors (Lipinski definition) is 4. The van der Waals surface area contributed by atoms with Gasteiger partial charge in [0.1, 0.15) is 5.84 Å². The molecule has 1 aromatic carbocycles. The van der Waals surface area contributed by atoms with Crippen molar-refractivity contribution in [2.75, 3.05) is 18.0 Å². The molecule has 1 atom stereocenters. The number of nitrogens with two attached hydrogens (primary N) is 2. The van der Waals surface area contributed by atoms with Gasteiger partial charge < -0.3 is 16.8 Å². The molecule has 0 aliphatic carbocycles. The van der Waals surface area contributed by atoms with E-state index in [4.69, 9.17) is 11.5 Å². The van der Waals surface area contributed by atoms with E-state index >= 15 is 0 Å². The summed E-state index contributed by atoms with van der Waals surface area (Å²) in [7, 11) is 0. The first-order valence-electron chi connectivity index (χ1n) is 5.17. The smallest absolute Gasteiger partial charge is 0.128 e. The van der Waals surface area contributed by atoms with Crippen LogP contribution in [0.15, 0.2) is 23.2 Å². The van der Waals surface area contributed by atoms with E-state index in [1.54, 1.807) is 0 Å². The Morgan fingerprint density at radius 2 is 2.20 bits per heavy atom. The molecule has 0 amide bonds. The maximum atomic E-state index is 5.75. The van der Waals surface area contributed by atoms with Crippen molar-refractivity contribution in [3.05, 3.63) is 23.8 Å². The Hall–Kier alpha value is -1.71. The summed E-state index contributed by atoms with van der Waals surface area (Å²) in [6, 6.07) is 6.07. The molecule has 1 aliphatic heterocycles. The van der Waals surface area contributed by atoms with Crippen LogP contribution in [0.5, 0.6) is 0 Å². The number of benzene rings is 1. The van der Waals surface area contributed by atoms with Crippen LogP contribution in [0, 0.1) is 0 Å². The van der Waals surface area contributed by atoms with Crippen molar-refractivity contribution in [2.45, 2.75) is 19.4 Å². The van der Waals surface area contributed by atoms with Crippen LogP contribution in [-0.4, -0.2) is 18.4 Å². The first-order valence-corrected chi connectivity index (χ1v) is 5.17. The van der Waals surface area contributed by atoms with Crippen LogP contribution in [-0.2, 0) is 0 Å². The number of nitrogens with zero attached hydrogens (tertiary/aromatic N) is 1. The van der Waals surface area contributed by atoms with Gasteiger partial charge in [-0.3, -0.25) is 4.99 Å². The van der Waals surface area contributed by atoms with E-state index in [-0.39, 0.29) is 0 Å². The molecule has 0 aromatic heterocycles. The lowest BCUT2D eigenvalue weighted by molar-refractivity contribution is 0.636. The number of nitrogens with one attached hydrogen (secondary N) is 1. The quantitative estimate of drug-likeness (QED) is 0.628. The maximum absolute atomic E-state index is 5.75. The normalized spacial score (nSPS) is 19.8. The van der Waals surface area contributed by atoms with Crippen LogP contribution in [0.2, 0.25) is 0 Å². The number of nitrogen functional groups attached to an aromatic ring is 2. The van der Waals surface area contributed by atoms with Gasteiger partial charge in [-0.05, 0) is 24.6 Å². The number of anilines is 2. The Bertz CT molecular complexity index is 398. The molecule has 0 fully saturated rings. The van der Waals surface area contributed by atoms with Gasteiger partial charge in [-0.2, -0.15) is 0 Å². The lowest BCUT2D eigenvalue weighted by Gasteiger charge is -2.09. The van der Waals surface area contributed by atoms with Gasteiger partial charge in [0, 0.05) is 11.6 Å². The molecule has 0 bridgehead atoms. The third-order valence-corrected chi connectivity index (χ3v) is 2.66.